The smallest absolute Gasteiger partial charge is 0.325 e. The van der Waals surface area contributed by atoms with Gasteiger partial charge in [-0.25, -0.2) is 0 Å². The van der Waals surface area contributed by atoms with E-state index in [2.05, 4.69) is 14.9 Å². The van der Waals surface area contributed by atoms with Crippen LogP contribution in [-0.2, 0) is 9.53 Å². The van der Waals surface area contributed by atoms with Crippen molar-refractivity contribution < 1.29 is 9.53 Å². The number of hydrogen-bond acceptors (Lipinski definition) is 5. The van der Waals surface area contributed by atoms with E-state index in [4.69, 9.17) is 0 Å². The van der Waals surface area contributed by atoms with Gasteiger partial charge in [-0.1, -0.05) is 19.3 Å². The van der Waals surface area contributed by atoms with Crippen LogP contribution in [0.3, 0.4) is 0 Å². The molecule has 1 aromatic rings. The third kappa shape index (κ3) is 3.66. The number of hydrogen-bond donors (Lipinski definition) is 0. The Hall–Kier alpha value is -1.65. The standard InChI is InChI=1S/C14H21N3O2/c1-17(10-14(18)19-2)13-9-8-12(15-16-13)11-6-4-3-5-7-11/h8-9,11H,3-7,10H2,1-2H3. The van der Waals surface area contributed by atoms with Gasteiger partial charge in [0.05, 0.1) is 12.8 Å². The number of methoxy groups -OCH3 is 1. The van der Waals surface area contributed by atoms with Crippen LogP contribution in [0.15, 0.2) is 12.1 Å². The van der Waals surface area contributed by atoms with Gasteiger partial charge in [-0.05, 0) is 25.0 Å². The van der Waals surface area contributed by atoms with Crippen LogP contribution in [0.1, 0.15) is 43.7 Å². The number of carbonyl (C=O) groups is 1. The summed E-state index contributed by atoms with van der Waals surface area (Å²) in [7, 11) is 3.19. The molecule has 2 rings (SSSR count). The highest BCUT2D eigenvalue weighted by Gasteiger charge is 2.17. The van der Waals surface area contributed by atoms with Gasteiger partial charge in [-0.2, -0.15) is 5.10 Å². The van der Waals surface area contributed by atoms with Crippen molar-refractivity contribution in [1.82, 2.24) is 10.2 Å². The predicted molar refractivity (Wildman–Crippen MR) is 73.1 cm³/mol. The lowest BCUT2D eigenvalue weighted by Crippen LogP contribution is -2.27. The number of aromatic nitrogens is 2. The van der Waals surface area contributed by atoms with Crippen molar-refractivity contribution in [3.05, 3.63) is 17.8 Å². The summed E-state index contributed by atoms with van der Waals surface area (Å²) in [6.07, 6.45) is 6.34. The minimum Gasteiger partial charge on any atom is -0.468 e. The first kappa shape index (κ1) is 13.8. The summed E-state index contributed by atoms with van der Waals surface area (Å²) in [6, 6.07) is 3.96. The van der Waals surface area contributed by atoms with Crippen LogP contribution in [0.4, 0.5) is 5.82 Å². The number of ether oxygens (including phenoxy) is 1. The second kappa shape index (κ2) is 6.50. The zero-order valence-electron chi connectivity index (χ0n) is 11.6. The maximum Gasteiger partial charge on any atom is 0.325 e. The van der Waals surface area contributed by atoms with Crippen molar-refractivity contribution in [2.45, 2.75) is 38.0 Å². The molecule has 0 N–H and O–H groups in total. The van der Waals surface area contributed by atoms with Crippen LogP contribution in [0.2, 0.25) is 0 Å². The van der Waals surface area contributed by atoms with Gasteiger partial charge in [-0.3, -0.25) is 4.79 Å². The highest BCUT2D eigenvalue weighted by atomic mass is 16.5. The van der Waals surface area contributed by atoms with E-state index < -0.39 is 0 Å². The molecule has 0 amide bonds. The Morgan fingerprint density at radius 2 is 2.05 bits per heavy atom. The topological polar surface area (TPSA) is 55.3 Å². The van der Waals surface area contributed by atoms with Gasteiger partial charge >= 0.3 is 5.97 Å². The molecule has 0 atom stereocenters. The average Bonchev–Trinajstić information content (AvgIpc) is 2.48. The van der Waals surface area contributed by atoms with E-state index in [9.17, 15) is 4.79 Å². The fourth-order valence-corrected chi connectivity index (χ4v) is 2.49. The van der Waals surface area contributed by atoms with Crippen molar-refractivity contribution in [3.63, 3.8) is 0 Å². The van der Waals surface area contributed by atoms with Crippen molar-refractivity contribution >= 4 is 11.8 Å². The predicted octanol–water partition coefficient (Wildman–Crippen LogP) is 2.13. The molecule has 104 valence electrons. The third-order valence-corrected chi connectivity index (χ3v) is 3.68. The first-order valence-electron chi connectivity index (χ1n) is 6.82. The van der Waals surface area contributed by atoms with E-state index >= 15 is 0 Å². The van der Waals surface area contributed by atoms with E-state index in [1.54, 1.807) is 11.9 Å². The van der Waals surface area contributed by atoms with E-state index in [0.717, 1.165) is 5.69 Å². The Balaban J connectivity index is 1.99. The molecule has 1 heterocycles. The summed E-state index contributed by atoms with van der Waals surface area (Å²) in [5.41, 5.74) is 1.08. The van der Waals surface area contributed by atoms with Crippen LogP contribution in [0.25, 0.3) is 0 Å². The lowest BCUT2D eigenvalue weighted by atomic mass is 9.87. The first-order valence-corrected chi connectivity index (χ1v) is 6.82. The zero-order valence-corrected chi connectivity index (χ0v) is 11.6. The van der Waals surface area contributed by atoms with Gasteiger partial charge in [0.2, 0.25) is 0 Å². The highest BCUT2D eigenvalue weighted by Crippen LogP contribution is 2.31. The molecule has 0 saturated heterocycles. The Kier molecular flexibility index (Phi) is 4.71. The zero-order chi connectivity index (χ0) is 13.7. The van der Waals surface area contributed by atoms with E-state index in [0.29, 0.717) is 11.7 Å². The largest absolute Gasteiger partial charge is 0.468 e. The van der Waals surface area contributed by atoms with Crippen molar-refractivity contribution in [3.8, 4) is 0 Å². The lowest BCUT2D eigenvalue weighted by molar-refractivity contribution is -0.138. The molecule has 19 heavy (non-hydrogen) atoms. The van der Waals surface area contributed by atoms with Gasteiger partial charge in [-0.15, -0.1) is 5.10 Å². The number of anilines is 1. The number of esters is 1. The molecule has 0 spiro atoms. The van der Waals surface area contributed by atoms with E-state index in [1.165, 1.54) is 39.2 Å². The highest BCUT2D eigenvalue weighted by molar-refractivity contribution is 5.74. The monoisotopic (exact) mass is 263 g/mol. The van der Waals surface area contributed by atoms with Crippen molar-refractivity contribution in [2.24, 2.45) is 0 Å². The molecule has 0 aliphatic heterocycles. The van der Waals surface area contributed by atoms with Crippen molar-refractivity contribution in [2.75, 3.05) is 25.6 Å². The van der Waals surface area contributed by atoms with Gasteiger partial charge in [0.15, 0.2) is 5.82 Å². The number of carbonyl (C=O) groups excluding carboxylic acids is 1. The molecule has 1 aliphatic rings. The molecule has 1 aromatic heterocycles. The van der Waals surface area contributed by atoms with Crippen LogP contribution in [0.5, 0.6) is 0 Å². The second-order valence-electron chi connectivity index (χ2n) is 5.08. The molecule has 1 aliphatic carbocycles. The first-order chi connectivity index (χ1) is 9.20. The lowest BCUT2D eigenvalue weighted by Gasteiger charge is -2.21. The molecule has 1 saturated carbocycles. The minimum absolute atomic E-state index is 0.188. The van der Waals surface area contributed by atoms with Crippen LogP contribution < -0.4 is 4.90 Å². The molecule has 0 radical (unpaired) electrons. The van der Waals surface area contributed by atoms with Gasteiger partial charge < -0.3 is 9.64 Å². The van der Waals surface area contributed by atoms with Gasteiger partial charge in [0.1, 0.15) is 6.54 Å². The Morgan fingerprint density at radius 3 is 2.63 bits per heavy atom. The molecule has 5 nitrogen and oxygen atoms in total. The van der Waals surface area contributed by atoms with E-state index in [-0.39, 0.29) is 12.5 Å². The molecule has 5 heteroatoms. The molecular formula is C14H21N3O2. The normalized spacial score (nSPS) is 16.1. The van der Waals surface area contributed by atoms with E-state index in [1.807, 2.05) is 12.1 Å². The van der Waals surface area contributed by atoms with Crippen LogP contribution >= 0.6 is 0 Å². The number of nitrogens with zero attached hydrogens (tertiary/aromatic N) is 3. The fraction of sp³-hybridized carbons (Fsp3) is 0.643. The summed E-state index contributed by atoms with van der Waals surface area (Å²) < 4.78 is 4.63. The SMILES string of the molecule is COC(=O)CN(C)c1ccc(C2CCCCC2)nn1. The summed E-state index contributed by atoms with van der Waals surface area (Å²) >= 11 is 0. The van der Waals surface area contributed by atoms with Gasteiger partial charge in [0, 0.05) is 13.0 Å². The van der Waals surface area contributed by atoms with Crippen molar-refractivity contribution in [1.29, 1.82) is 0 Å². The van der Waals surface area contributed by atoms with Gasteiger partial charge in [0.25, 0.3) is 0 Å². The fourth-order valence-electron chi connectivity index (χ4n) is 2.49. The Labute approximate surface area is 114 Å². The summed E-state index contributed by atoms with van der Waals surface area (Å²) in [5.74, 6) is 0.979. The quantitative estimate of drug-likeness (QED) is 0.779. The number of likely N-dealkylation sites (N-methyl/N-ethyl adjacent to an activating group) is 1. The summed E-state index contributed by atoms with van der Waals surface area (Å²) in [4.78, 5) is 12.9. The van der Waals surface area contributed by atoms with Crippen LogP contribution in [-0.4, -0.2) is 36.9 Å². The van der Waals surface area contributed by atoms with Crippen LogP contribution in [0, 0.1) is 0 Å². The second-order valence-corrected chi connectivity index (χ2v) is 5.08. The maximum atomic E-state index is 11.2. The molecular weight excluding hydrogens is 242 g/mol. The summed E-state index contributed by atoms with van der Waals surface area (Å²) in [5, 5.41) is 8.52. The number of rotatable bonds is 4. The molecule has 0 unspecified atom stereocenters. The summed E-state index contributed by atoms with van der Waals surface area (Å²) in [6.45, 7) is 0.188. The molecule has 0 aromatic carbocycles. The maximum absolute atomic E-state index is 11.2. The molecule has 0 bridgehead atoms. The Morgan fingerprint density at radius 1 is 1.32 bits per heavy atom. The molecule has 1 fully saturated rings. The third-order valence-electron chi connectivity index (χ3n) is 3.68. The average molecular weight is 263 g/mol. The minimum atomic E-state index is -0.277. The Bertz CT molecular complexity index is 413.